The molecule has 8 aromatic rings. The topological polar surface area (TPSA) is 63.2 Å². The molecule has 0 unspecified atom stereocenters. The minimum atomic E-state index is -0.244. The average molecular weight is 714 g/mol. The molecule has 0 saturated heterocycles. The Morgan fingerprint density at radius 1 is 0.608 bits per heavy atom. The molecule has 0 spiro atoms. The smallest absolute Gasteiger partial charge is 0.197 e. The molecule has 4 heterocycles. The van der Waals surface area contributed by atoms with E-state index in [4.69, 9.17) is 0 Å². The van der Waals surface area contributed by atoms with Gasteiger partial charge in [-0.05, 0) is 65.2 Å². The first-order valence-corrected chi connectivity index (χ1v) is 19.0. The Bertz CT molecular complexity index is 2720. The number of rotatable bonds is 4. The molecule has 2 aliphatic rings. The van der Waals surface area contributed by atoms with Crippen molar-refractivity contribution in [3.05, 3.63) is 155 Å². The molecule has 0 atom stereocenters. The quantitative estimate of drug-likeness (QED) is 0.134. The number of thiophene rings is 2. The standard InChI is InChI=1S/C43H27N3O2S3/c1-43(2)31-14-8-9-15-33(31)46(26-10-4-3-5-11-26)34-19-17-24(21-32(34)43)35-22-37-38(49-35)23-36(50-37)29-18-16-25(39-40(29)45-51-44-39)20-30-41(47)27-12-6-7-13-28(27)42(30)48/h3-23H,1-2H3. The number of carbonyl (C=O) groups excluding carboxylic acids is 2. The zero-order valence-corrected chi connectivity index (χ0v) is 30.0. The van der Waals surface area contributed by atoms with E-state index in [1.54, 1.807) is 53.0 Å². The summed E-state index contributed by atoms with van der Waals surface area (Å²) in [6.07, 6.45) is 1.68. The van der Waals surface area contributed by atoms with Gasteiger partial charge in [-0.3, -0.25) is 9.59 Å². The highest BCUT2D eigenvalue weighted by molar-refractivity contribution is 7.31. The molecule has 0 saturated carbocycles. The lowest BCUT2D eigenvalue weighted by atomic mass is 9.73. The first kappa shape index (κ1) is 30.3. The lowest BCUT2D eigenvalue weighted by molar-refractivity contribution is 0.0990. The van der Waals surface area contributed by atoms with E-state index in [0.29, 0.717) is 16.6 Å². The van der Waals surface area contributed by atoms with Crippen LogP contribution in [0.5, 0.6) is 0 Å². The van der Waals surface area contributed by atoms with Gasteiger partial charge >= 0.3 is 0 Å². The van der Waals surface area contributed by atoms with Gasteiger partial charge in [0.05, 0.1) is 28.7 Å². The Kier molecular flexibility index (Phi) is 6.67. The highest BCUT2D eigenvalue weighted by Crippen LogP contribution is 2.53. The number of nitrogens with zero attached hydrogens (tertiary/aromatic N) is 3. The van der Waals surface area contributed by atoms with Gasteiger partial charge in [0.1, 0.15) is 11.0 Å². The maximum Gasteiger partial charge on any atom is 0.197 e. The van der Waals surface area contributed by atoms with Gasteiger partial charge in [0, 0.05) is 52.5 Å². The normalized spacial score (nSPS) is 14.6. The van der Waals surface area contributed by atoms with Crippen LogP contribution in [0.2, 0.25) is 0 Å². The second kappa shape index (κ2) is 11.2. The lowest BCUT2D eigenvalue weighted by Crippen LogP contribution is -2.30. The minimum absolute atomic E-state index is 0.171. The largest absolute Gasteiger partial charge is 0.310 e. The van der Waals surface area contributed by atoms with E-state index in [2.05, 4.69) is 112 Å². The van der Waals surface area contributed by atoms with Crippen LogP contribution in [0.15, 0.2) is 127 Å². The summed E-state index contributed by atoms with van der Waals surface area (Å²) < 4.78 is 11.7. The fourth-order valence-corrected chi connectivity index (χ4v) is 10.6. The van der Waals surface area contributed by atoms with Crippen LogP contribution < -0.4 is 4.90 Å². The monoisotopic (exact) mass is 713 g/mol. The van der Waals surface area contributed by atoms with Crippen LogP contribution in [0.1, 0.15) is 51.3 Å². The van der Waals surface area contributed by atoms with E-state index < -0.39 is 0 Å². The van der Waals surface area contributed by atoms with Gasteiger partial charge in [-0.15, -0.1) is 22.7 Å². The molecule has 51 heavy (non-hydrogen) atoms. The number of Topliss-reactive ketones (excluding diaryl/α,β-unsaturated/α-hetero) is 2. The van der Waals surface area contributed by atoms with Gasteiger partial charge in [-0.1, -0.05) is 92.7 Å². The summed E-state index contributed by atoms with van der Waals surface area (Å²) in [5.41, 5.74) is 11.5. The molecule has 8 heteroatoms. The molecule has 5 nitrogen and oxygen atoms in total. The second-order valence-electron chi connectivity index (χ2n) is 13.4. The van der Waals surface area contributed by atoms with Crippen molar-refractivity contribution in [3.63, 3.8) is 0 Å². The fourth-order valence-electron chi connectivity index (χ4n) is 7.58. The summed E-state index contributed by atoms with van der Waals surface area (Å²) in [6, 6.07) is 41.8. The summed E-state index contributed by atoms with van der Waals surface area (Å²) in [6.45, 7) is 4.66. The fraction of sp³-hybridized carbons (Fsp3) is 0.0698. The number of hydrogen-bond donors (Lipinski definition) is 0. The van der Waals surface area contributed by atoms with Crippen LogP contribution in [0.3, 0.4) is 0 Å². The maximum atomic E-state index is 13.1. The Hall–Kier alpha value is -5.54. The van der Waals surface area contributed by atoms with Crippen molar-refractivity contribution < 1.29 is 9.59 Å². The third kappa shape index (κ3) is 4.57. The van der Waals surface area contributed by atoms with Crippen molar-refractivity contribution in [1.82, 2.24) is 8.75 Å². The molecule has 0 radical (unpaired) electrons. The van der Waals surface area contributed by atoms with Crippen LogP contribution >= 0.6 is 34.4 Å². The Morgan fingerprint density at radius 3 is 2.04 bits per heavy atom. The van der Waals surface area contributed by atoms with Crippen molar-refractivity contribution in [1.29, 1.82) is 0 Å². The summed E-state index contributed by atoms with van der Waals surface area (Å²) >= 11 is 4.69. The van der Waals surface area contributed by atoms with Crippen molar-refractivity contribution in [2.45, 2.75) is 19.3 Å². The molecular formula is C43H27N3O2S3. The lowest BCUT2D eigenvalue weighted by Gasteiger charge is -2.42. The van der Waals surface area contributed by atoms with Gasteiger partial charge in [0.2, 0.25) is 0 Å². The molecule has 10 rings (SSSR count). The Labute approximate surface area is 306 Å². The zero-order valence-electron chi connectivity index (χ0n) is 27.5. The number of anilines is 3. The predicted molar refractivity (Wildman–Crippen MR) is 211 cm³/mol. The van der Waals surface area contributed by atoms with Gasteiger partial charge < -0.3 is 4.90 Å². The number of benzene rings is 5. The van der Waals surface area contributed by atoms with E-state index >= 15 is 0 Å². The molecule has 0 amide bonds. The third-order valence-corrected chi connectivity index (χ3v) is 13.1. The molecule has 1 aliphatic heterocycles. The van der Waals surface area contributed by atoms with E-state index in [1.807, 2.05) is 12.1 Å². The molecule has 0 bridgehead atoms. The zero-order chi connectivity index (χ0) is 34.4. The van der Waals surface area contributed by atoms with E-state index in [-0.39, 0.29) is 22.6 Å². The number of ketones is 2. The molecule has 0 N–H and O–H groups in total. The molecule has 0 fully saturated rings. The molecular weight excluding hydrogens is 687 g/mol. The molecule has 1 aliphatic carbocycles. The summed E-state index contributed by atoms with van der Waals surface area (Å²) in [5, 5.41) is 0. The van der Waals surface area contributed by atoms with Crippen LogP contribution in [0.25, 0.3) is 47.4 Å². The van der Waals surface area contributed by atoms with Crippen molar-refractivity contribution in [2.24, 2.45) is 0 Å². The van der Waals surface area contributed by atoms with Crippen molar-refractivity contribution in [3.8, 4) is 20.9 Å². The maximum absolute atomic E-state index is 13.1. The highest BCUT2D eigenvalue weighted by atomic mass is 32.1. The van der Waals surface area contributed by atoms with Crippen molar-refractivity contribution in [2.75, 3.05) is 4.90 Å². The average Bonchev–Trinajstić information content (AvgIpc) is 3.94. The van der Waals surface area contributed by atoms with E-state index in [1.165, 1.54) is 42.3 Å². The predicted octanol–water partition coefficient (Wildman–Crippen LogP) is 11.9. The van der Waals surface area contributed by atoms with E-state index in [9.17, 15) is 9.59 Å². The van der Waals surface area contributed by atoms with E-state index in [0.717, 1.165) is 38.9 Å². The molecule has 244 valence electrons. The highest BCUT2D eigenvalue weighted by Gasteiger charge is 2.37. The van der Waals surface area contributed by atoms with Crippen molar-refractivity contribution >= 4 is 89.5 Å². The number of aromatic nitrogens is 2. The van der Waals surface area contributed by atoms with Gasteiger partial charge in [0.15, 0.2) is 11.6 Å². The summed E-state index contributed by atoms with van der Waals surface area (Å²) in [5.74, 6) is -0.489. The summed E-state index contributed by atoms with van der Waals surface area (Å²) in [7, 11) is 0. The number of hydrogen-bond acceptors (Lipinski definition) is 8. The minimum Gasteiger partial charge on any atom is -0.310 e. The number of para-hydroxylation sites is 2. The van der Waals surface area contributed by atoms with Gasteiger partial charge in [-0.2, -0.15) is 8.75 Å². The third-order valence-electron chi connectivity index (χ3n) is 10.2. The van der Waals surface area contributed by atoms with Crippen LogP contribution in [0, 0.1) is 0 Å². The molecule has 3 aromatic heterocycles. The van der Waals surface area contributed by atoms with Gasteiger partial charge in [-0.25, -0.2) is 0 Å². The van der Waals surface area contributed by atoms with Crippen LogP contribution in [0.4, 0.5) is 17.1 Å². The first-order valence-electron chi connectivity index (χ1n) is 16.7. The van der Waals surface area contributed by atoms with Gasteiger partial charge in [0.25, 0.3) is 0 Å². The number of allylic oxidation sites excluding steroid dienone is 1. The van der Waals surface area contributed by atoms with Crippen LogP contribution in [-0.4, -0.2) is 20.3 Å². The van der Waals surface area contributed by atoms with Crippen LogP contribution in [-0.2, 0) is 5.41 Å². The Balaban J connectivity index is 1.01. The summed E-state index contributed by atoms with van der Waals surface area (Å²) in [4.78, 5) is 30.9. The molecule has 5 aromatic carbocycles. The second-order valence-corrected chi connectivity index (χ2v) is 16.1. The Morgan fingerprint density at radius 2 is 1.25 bits per heavy atom. The number of fused-ring (bicyclic) bond motifs is 5. The SMILES string of the molecule is CC1(C)c2ccccc2N(c2ccccc2)c2ccc(-c3cc4sc(-c5ccc(C=C6C(=O)c7ccccc7C6=O)c6nsnc56)cc4s3)cc21. The number of carbonyl (C=O) groups is 2. The first-order chi connectivity index (χ1) is 24.9.